The van der Waals surface area contributed by atoms with Crippen molar-refractivity contribution in [3.63, 3.8) is 0 Å². The number of halogens is 2. The number of hydrogen-bond donors (Lipinski definition) is 3. The van der Waals surface area contributed by atoms with Crippen molar-refractivity contribution in [2.24, 2.45) is 10.7 Å². The first-order chi connectivity index (χ1) is 13.9. The van der Waals surface area contributed by atoms with Crippen LogP contribution in [0, 0.1) is 11.6 Å². The highest BCUT2D eigenvalue weighted by molar-refractivity contribution is 6.02. The first-order valence-corrected chi connectivity index (χ1v) is 8.88. The predicted octanol–water partition coefficient (Wildman–Crippen LogP) is 2.06. The summed E-state index contributed by atoms with van der Waals surface area (Å²) >= 11 is 0. The van der Waals surface area contributed by atoms with Gasteiger partial charge in [-0.2, -0.15) is 4.98 Å². The number of amides is 1. The summed E-state index contributed by atoms with van der Waals surface area (Å²) in [5.74, 6) is -0.940. The lowest BCUT2D eigenvalue weighted by molar-refractivity contribution is -0.117. The molecular weight excluding hydrogens is 380 g/mol. The minimum atomic E-state index is -0.908. The fraction of sp³-hybridized carbons (Fsp3) is 0.263. The summed E-state index contributed by atoms with van der Waals surface area (Å²) in [5.41, 5.74) is 7.37. The third-order valence-electron chi connectivity index (χ3n) is 4.50. The smallest absolute Gasteiger partial charge is 0.246 e. The zero-order chi connectivity index (χ0) is 21.0. The van der Waals surface area contributed by atoms with Crippen molar-refractivity contribution in [2.45, 2.75) is 19.5 Å². The molecular formula is C19H21F2N7O. The maximum atomic E-state index is 13.2. The second kappa shape index (κ2) is 8.63. The van der Waals surface area contributed by atoms with Gasteiger partial charge >= 0.3 is 0 Å². The van der Waals surface area contributed by atoms with Crippen LogP contribution < -0.4 is 21.3 Å². The number of carbonyl (C=O) groups is 1. The molecule has 1 amide bonds. The second-order valence-electron chi connectivity index (χ2n) is 6.52. The predicted molar refractivity (Wildman–Crippen MR) is 108 cm³/mol. The van der Waals surface area contributed by atoms with Crippen LogP contribution in [-0.4, -0.2) is 41.7 Å². The van der Waals surface area contributed by atoms with Crippen molar-refractivity contribution in [3.05, 3.63) is 53.4 Å². The highest BCUT2D eigenvalue weighted by Crippen LogP contribution is 2.28. The van der Waals surface area contributed by atoms with Gasteiger partial charge in [-0.3, -0.25) is 9.79 Å². The van der Waals surface area contributed by atoms with Gasteiger partial charge in [0.2, 0.25) is 11.9 Å². The number of nitrogens with zero attached hydrogens (tertiary/aromatic N) is 4. The summed E-state index contributed by atoms with van der Waals surface area (Å²) in [7, 11) is 1.79. The summed E-state index contributed by atoms with van der Waals surface area (Å²) in [5, 5.41) is 5.81. The Bertz CT molecular complexity index is 977. The van der Waals surface area contributed by atoms with Gasteiger partial charge in [-0.05, 0) is 24.6 Å². The third-order valence-corrected chi connectivity index (χ3v) is 4.50. The molecule has 8 nitrogen and oxygen atoms in total. The maximum absolute atomic E-state index is 13.2. The van der Waals surface area contributed by atoms with E-state index in [2.05, 4.69) is 25.6 Å². The molecule has 0 fully saturated rings. The van der Waals surface area contributed by atoms with Crippen molar-refractivity contribution >= 4 is 29.6 Å². The number of anilines is 3. The van der Waals surface area contributed by atoms with Crippen molar-refractivity contribution < 1.29 is 13.6 Å². The Morgan fingerprint density at radius 2 is 2.21 bits per heavy atom. The molecule has 1 atom stereocenters. The molecule has 0 saturated heterocycles. The van der Waals surface area contributed by atoms with Crippen LogP contribution in [-0.2, 0) is 11.3 Å². The molecule has 0 spiro atoms. The zero-order valence-electron chi connectivity index (χ0n) is 16.0. The summed E-state index contributed by atoms with van der Waals surface area (Å²) in [6.07, 6.45) is 4.46. The average molecular weight is 401 g/mol. The Morgan fingerprint density at radius 1 is 1.41 bits per heavy atom. The fourth-order valence-corrected chi connectivity index (χ4v) is 2.65. The Hall–Kier alpha value is -3.56. The van der Waals surface area contributed by atoms with E-state index in [0.29, 0.717) is 35.1 Å². The lowest BCUT2D eigenvalue weighted by Gasteiger charge is -2.31. The van der Waals surface area contributed by atoms with Gasteiger partial charge in [0.15, 0.2) is 17.5 Å². The van der Waals surface area contributed by atoms with E-state index in [4.69, 9.17) is 5.73 Å². The fourth-order valence-electron chi connectivity index (χ4n) is 2.65. The molecule has 29 heavy (non-hydrogen) atoms. The zero-order valence-corrected chi connectivity index (χ0v) is 16.0. The van der Waals surface area contributed by atoms with Crippen molar-refractivity contribution in [2.75, 3.05) is 29.1 Å². The standard InChI is InChI=1S/C19H21F2N7O/c1-11-18(29)26-16-10-25-19(27-17(16)28(11)2)24-9-13(6-22)8-23-7-12-3-4-14(20)15(21)5-12/h3-6,8,10-11H,7,9,22H2,1-2H3,(H,26,29)(H,24,25,27)/b13-6+,23-8?/t11-/m0/s1. The van der Waals surface area contributed by atoms with Crippen LogP contribution in [0.1, 0.15) is 12.5 Å². The van der Waals surface area contributed by atoms with Crippen molar-refractivity contribution in [1.29, 1.82) is 0 Å². The van der Waals surface area contributed by atoms with E-state index >= 15 is 0 Å². The SMILES string of the molecule is C[C@H]1C(=O)Nc2cnc(NC/C(C=NCc3ccc(F)c(F)c3)=C/N)nc2N1C. The Labute approximate surface area is 166 Å². The van der Waals surface area contributed by atoms with Crippen LogP contribution in [0.15, 0.2) is 41.2 Å². The third kappa shape index (κ3) is 4.65. The first-order valence-electron chi connectivity index (χ1n) is 8.88. The van der Waals surface area contributed by atoms with Crippen LogP contribution >= 0.6 is 0 Å². The number of fused-ring (bicyclic) bond motifs is 1. The van der Waals surface area contributed by atoms with E-state index in [0.717, 1.165) is 12.1 Å². The van der Waals surface area contributed by atoms with Gasteiger partial charge < -0.3 is 21.3 Å². The van der Waals surface area contributed by atoms with Crippen LogP contribution in [0.5, 0.6) is 0 Å². The number of aliphatic imine (C=N–C) groups is 1. The molecule has 0 unspecified atom stereocenters. The van der Waals surface area contributed by atoms with Crippen LogP contribution in [0.4, 0.5) is 26.2 Å². The number of rotatable bonds is 6. The number of nitrogens with two attached hydrogens (primary N) is 1. The Morgan fingerprint density at radius 3 is 2.93 bits per heavy atom. The molecule has 1 aromatic heterocycles. The summed E-state index contributed by atoms with van der Waals surface area (Å²) in [4.78, 5) is 26.4. The van der Waals surface area contributed by atoms with Gasteiger partial charge in [0.25, 0.3) is 0 Å². The quantitative estimate of drug-likeness (QED) is 0.640. The summed E-state index contributed by atoms with van der Waals surface area (Å²) < 4.78 is 26.2. The van der Waals surface area contributed by atoms with E-state index in [1.165, 1.54) is 18.5 Å². The van der Waals surface area contributed by atoms with Crippen LogP contribution in [0.3, 0.4) is 0 Å². The number of carbonyl (C=O) groups excluding carboxylic acids is 1. The van der Waals surface area contributed by atoms with Gasteiger partial charge in [0.05, 0.1) is 12.7 Å². The van der Waals surface area contributed by atoms with Gasteiger partial charge in [0, 0.05) is 31.6 Å². The molecule has 1 aliphatic rings. The average Bonchev–Trinajstić information content (AvgIpc) is 2.71. The molecule has 1 aromatic carbocycles. The normalized spacial score (nSPS) is 16.7. The molecule has 2 aromatic rings. The number of hydrogen-bond acceptors (Lipinski definition) is 7. The lowest BCUT2D eigenvalue weighted by Crippen LogP contribution is -2.44. The summed E-state index contributed by atoms with van der Waals surface area (Å²) in [6.45, 7) is 2.28. The van der Waals surface area contributed by atoms with E-state index < -0.39 is 11.6 Å². The van der Waals surface area contributed by atoms with Crippen molar-refractivity contribution in [1.82, 2.24) is 9.97 Å². The second-order valence-corrected chi connectivity index (χ2v) is 6.52. The van der Waals surface area contributed by atoms with Gasteiger partial charge in [-0.15, -0.1) is 0 Å². The van der Waals surface area contributed by atoms with Gasteiger partial charge in [-0.25, -0.2) is 13.8 Å². The Kier molecular flexibility index (Phi) is 6.01. The topological polar surface area (TPSA) is 109 Å². The minimum absolute atomic E-state index is 0.116. The highest BCUT2D eigenvalue weighted by Gasteiger charge is 2.28. The van der Waals surface area contributed by atoms with Crippen LogP contribution in [0.2, 0.25) is 0 Å². The molecule has 3 rings (SSSR count). The lowest BCUT2D eigenvalue weighted by atomic mass is 10.2. The Balaban J connectivity index is 1.61. The summed E-state index contributed by atoms with van der Waals surface area (Å²) in [6, 6.07) is 3.30. The number of likely N-dealkylation sites (N-methyl/N-ethyl adjacent to an activating group) is 1. The molecule has 1 aliphatic heterocycles. The molecule has 0 aliphatic carbocycles. The number of nitrogens with one attached hydrogen (secondary N) is 2. The monoisotopic (exact) mass is 401 g/mol. The molecule has 152 valence electrons. The maximum Gasteiger partial charge on any atom is 0.246 e. The van der Waals surface area contributed by atoms with Gasteiger partial charge in [0.1, 0.15) is 11.7 Å². The van der Waals surface area contributed by atoms with E-state index in [1.54, 1.807) is 25.1 Å². The molecule has 0 radical (unpaired) electrons. The van der Waals surface area contributed by atoms with E-state index in [9.17, 15) is 13.6 Å². The number of benzene rings is 1. The molecule has 10 heteroatoms. The van der Waals surface area contributed by atoms with Crippen molar-refractivity contribution in [3.8, 4) is 0 Å². The largest absolute Gasteiger partial charge is 0.404 e. The molecule has 2 heterocycles. The molecule has 0 saturated carbocycles. The highest BCUT2D eigenvalue weighted by atomic mass is 19.2. The van der Waals surface area contributed by atoms with E-state index in [-0.39, 0.29) is 18.5 Å². The van der Waals surface area contributed by atoms with Crippen LogP contribution in [0.25, 0.3) is 0 Å². The first kappa shape index (κ1) is 20.2. The minimum Gasteiger partial charge on any atom is -0.404 e. The molecule has 0 bridgehead atoms. The van der Waals surface area contributed by atoms with Gasteiger partial charge in [-0.1, -0.05) is 6.07 Å². The number of aromatic nitrogens is 2. The molecule has 4 N–H and O–H groups in total. The van der Waals surface area contributed by atoms with E-state index in [1.807, 2.05) is 0 Å².